The van der Waals surface area contributed by atoms with Crippen LogP contribution in [0.4, 0.5) is 0 Å². The second-order valence-electron chi connectivity index (χ2n) is 4.20. The van der Waals surface area contributed by atoms with Gasteiger partial charge in [0.25, 0.3) is 0 Å². The first kappa shape index (κ1) is 10.9. The first-order valence-corrected chi connectivity index (χ1v) is 6.06. The monoisotopic (exact) mass is 238 g/mol. The van der Waals surface area contributed by atoms with E-state index in [0.29, 0.717) is 6.61 Å². The van der Waals surface area contributed by atoms with Gasteiger partial charge >= 0.3 is 0 Å². The maximum atomic E-state index is 5.75. The fourth-order valence-electron chi connectivity index (χ4n) is 1.97. The third-order valence-electron chi connectivity index (χ3n) is 2.93. The van der Waals surface area contributed by atoms with Crippen molar-refractivity contribution >= 4 is 11.0 Å². The minimum Gasteiger partial charge on any atom is -0.493 e. The minimum absolute atomic E-state index is 0.688. The molecular weight excluding hydrogens is 224 g/mol. The van der Waals surface area contributed by atoms with Crippen molar-refractivity contribution in [1.82, 2.24) is 0 Å². The minimum atomic E-state index is 0.688. The van der Waals surface area contributed by atoms with Crippen LogP contribution in [-0.4, -0.2) is 6.61 Å². The molecule has 2 nitrogen and oxygen atoms in total. The quantitative estimate of drug-likeness (QED) is 0.684. The van der Waals surface area contributed by atoms with Crippen LogP contribution in [0.2, 0.25) is 0 Å². The molecule has 18 heavy (non-hydrogen) atoms. The van der Waals surface area contributed by atoms with Gasteiger partial charge in [0.1, 0.15) is 11.3 Å². The topological polar surface area (TPSA) is 22.4 Å². The molecule has 0 aliphatic carbocycles. The van der Waals surface area contributed by atoms with Crippen LogP contribution in [0.3, 0.4) is 0 Å². The Labute approximate surface area is 106 Å². The van der Waals surface area contributed by atoms with Gasteiger partial charge in [-0.25, -0.2) is 0 Å². The van der Waals surface area contributed by atoms with Crippen LogP contribution in [0.1, 0.15) is 5.56 Å². The Morgan fingerprint density at radius 1 is 0.944 bits per heavy atom. The second-order valence-corrected chi connectivity index (χ2v) is 4.20. The van der Waals surface area contributed by atoms with Gasteiger partial charge in [0.2, 0.25) is 0 Å². The highest BCUT2D eigenvalue weighted by Crippen LogP contribution is 2.21. The first-order valence-electron chi connectivity index (χ1n) is 6.06. The van der Waals surface area contributed by atoms with Crippen LogP contribution >= 0.6 is 0 Å². The van der Waals surface area contributed by atoms with E-state index in [2.05, 4.69) is 12.1 Å². The lowest BCUT2D eigenvalue weighted by atomic mass is 10.2. The molecule has 2 aromatic carbocycles. The molecule has 0 saturated carbocycles. The summed E-state index contributed by atoms with van der Waals surface area (Å²) >= 11 is 0. The van der Waals surface area contributed by atoms with Gasteiger partial charge in [-0.15, -0.1) is 0 Å². The van der Waals surface area contributed by atoms with Crippen LogP contribution < -0.4 is 4.74 Å². The van der Waals surface area contributed by atoms with Crippen LogP contribution in [0, 0.1) is 0 Å². The Kier molecular flexibility index (Phi) is 3.01. The summed E-state index contributed by atoms with van der Waals surface area (Å²) in [5, 5.41) is 1.08. The van der Waals surface area contributed by atoms with Crippen LogP contribution in [0.25, 0.3) is 11.0 Å². The molecule has 1 aromatic heterocycles. The molecule has 0 saturated heterocycles. The van der Waals surface area contributed by atoms with Gasteiger partial charge in [-0.1, -0.05) is 30.3 Å². The third-order valence-corrected chi connectivity index (χ3v) is 2.93. The van der Waals surface area contributed by atoms with Gasteiger partial charge in [-0.3, -0.25) is 0 Å². The Hall–Kier alpha value is -2.22. The molecule has 0 radical (unpaired) electrons. The second kappa shape index (κ2) is 4.96. The highest BCUT2D eigenvalue weighted by Gasteiger charge is 1.99. The normalized spacial score (nSPS) is 10.7. The summed E-state index contributed by atoms with van der Waals surface area (Å²) in [5.41, 5.74) is 2.19. The smallest absolute Gasteiger partial charge is 0.134 e. The molecule has 1 heterocycles. The molecule has 0 spiro atoms. The fraction of sp³-hybridized carbons (Fsp3) is 0.125. The summed E-state index contributed by atoms with van der Waals surface area (Å²) in [4.78, 5) is 0. The van der Waals surface area contributed by atoms with E-state index in [1.165, 1.54) is 5.56 Å². The number of hydrogen-bond donors (Lipinski definition) is 0. The number of rotatable bonds is 4. The van der Waals surface area contributed by atoms with E-state index in [0.717, 1.165) is 23.1 Å². The van der Waals surface area contributed by atoms with Crippen LogP contribution in [0.5, 0.6) is 5.75 Å². The molecule has 0 atom stereocenters. The summed E-state index contributed by atoms with van der Waals surface area (Å²) in [6.07, 6.45) is 2.61. The van der Waals surface area contributed by atoms with Gasteiger partial charge < -0.3 is 9.15 Å². The highest BCUT2D eigenvalue weighted by atomic mass is 16.5. The summed E-state index contributed by atoms with van der Waals surface area (Å²) in [6, 6.07) is 18.2. The van der Waals surface area contributed by atoms with Crippen molar-refractivity contribution < 1.29 is 9.15 Å². The summed E-state index contributed by atoms with van der Waals surface area (Å²) < 4.78 is 11.0. The van der Waals surface area contributed by atoms with Crippen molar-refractivity contribution in [3.63, 3.8) is 0 Å². The predicted octanol–water partition coefficient (Wildman–Crippen LogP) is 4.05. The lowest BCUT2D eigenvalue weighted by Crippen LogP contribution is -2.00. The predicted molar refractivity (Wildman–Crippen MR) is 71.9 cm³/mol. The Bertz CT molecular complexity index is 626. The first-order chi connectivity index (χ1) is 8.92. The van der Waals surface area contributed by atoms with Crippen molar-refractivity contribution in [1.29, 1.82) is 0 Å². The van der Waals surface area contributed by atoms with Gasteiger partial charge in [0.05, 0.1) is 12.9 Å². The number of fused-ring (bicyclic) bond motifs is 1. The number of ether oxygens (including phenoxy) is 1. The molecule has 0 bridgehead atoms. The average Bonchev–Trinajstić information content (AvgIpc) is 2.87. The van der Waals surface area contributed by atoms with Crippen LogP contribution in [-0.2, 0) is 6.42 Å². The zero-order valence-corrected chi connectivity index (χ0v) is 10.0. The molecule has 0 unspecified atom stereocenters. The molecule has 3 aromatic rings. The molecule has 0 amide bonds. The van der Waals surface area contributed by atoms with Crippen molar-refractivity contribution in [3.8, 4) is 5.75 Å². The molecular formula is C16H14O2. The van der Waals surface area contributed by atoms with E-state index < -0.39 is 0 Å². The summed E-state index contributed by atoms with van der Waals surface area (Å²) in [6.45, 7) is 0.688. The molecule has 0 N–H and O–H groups in total. The van der Waals surface area contributed by atoms with Crippen molar-refractivity contribution in [2.75, 3.05) is 6.61 Å². The Morgan fingerprint density at radius 2 is 1.83 bits per heavy atom. The van der Waals surface area contributed by atoms with E-state index in [1.807, 2.05) is 42.5 Å². The number of benzene rings is 2. The van der Waals surface area contributed by atoms with Gasteiger partial charge in [0.15, 0.2) is 0 Å². The molecule has 3 rings (SSSR count). The number of furan rings is 1. The van der Waals surface area contributed by atoms with Gasteiger partial charge in [-0.2, -0.15) is 0 Å². The summed E-state index contributed by atoms with van der Waals surface area (Å²) in [7, 11) is 0. The maximum Gasteiger partial charge on any atom is 0.134 e. The van der Waals surface area contributed by atoms with Crippen molar-refractivity contribution in [2.45, 2.75) is 6.42 Å². The highest BCUT2D eigenvalue weighted by molar-refractivity contribution is 5.78. The fourth-order valence-corrected chi connectivity index (χ4v) is 1.97. The van der Waals surface area contributed by atoms with E-state index in [4.69, 9.17) is 9.15 Å². The lowest BCUT2D eigenvalue weighted by Gasteiger charge is -2.06. The molecule has 2 heteroatoms. The van der Waals surface area contributed by atoms with Gasteiger partial charge in [0, 0.05) is 11.8 Å². The van der Waals surface area contributed by atoms with E-state index in [1.54, 1.807) is 6.26 Å². The number of hydrogen-bond acceptors (Lipinski definition) is 2. The zero-order chi connectivity index (χ0) is 12.2. The third kappa shape index (κ3) is 2.38. The van der Waals surface area contributed by atoms with Crippen molar-refractivity contribution in [2.24, 2.45) is 0 Å². The molecule has 0 aliphatic rings. The average molecular weight is 238 g/mol. The van der Waals surface area contributed by atoms with E-state index >= 15 is 0 Å². The van der Waals surface area contributed by atoms with E-state index in [-0.39, 0.29) is 0 Å². The van der Waals surface area contributed by atoms with Crippen molar-refractivity contribution in [3.05, 3.63) is 66.4 Å². The van der Waals surface area contributed by atoms with Gasteiger partial charge in [-0.05, 0) is 29.8 Å². The SMILES string of the molecule is c1ccc(CCOc2ccc3occc3c2)cc1. The van der Waals surface area contributed by atoms with Crippen LogP contribution in [0.15, 0.2) is 65.3 Å². The Balaban J connectivity index is 1.62. The maximum absolute atomic E-state index is 5.75. The molecule has 0 fully saturated rings. The standard InChI is InChI=1S/C16H14O2/c1-2-4-13(5-3-1)8-10-17-15-6-7-16-14(12-15)9-11-18-16/h1-7,9,11-12H,8,10H2. The zero-order valence-electron chi connectivity index (χ0n) is 10.0. The Morgan fingerprint density at radius 3 is 2.72 bits per heavy atom. The molecule has 0 aliphatic heterocycles. The molecule has 90 valence electrons. The largest absolute Gasteiger partial charge is 0.493 e. The summed E-state index contributed by atoms with van der Waals surface area (Å²) in [5.74, 6) is 0.889. The lowest BCUT2D eigenvalue weighted by molar-refractivity contribution is 0.322. The van der Waals surface area contributed by atoms with E-state index in [9.17, 15) is 0 Å².